The van der Waals surface area contributed by atoms with Gasteiger partial charge in [-0.2, -0.15) is 0 Å². The molecule has 0 saturated carbocycles. The van der Waals surface area contributed by atoms with Crippen LogP contribution in [0, 0.1) is 0 Å². The highest BCUT2D eigenvalue weighted by atomic mass is 32.2. The Balaban J connectivity index is 1.84. The van der Waals surface area contributed by atoms with Crippen molar-refractivity contribution in [2.45, 2.75) is 25.4 Å². The SMILES string of the molecule is COC1=CC=C(CSC2=CNC(=O)C(O)C2)CC1. The summed E-state index contributed by atoms with van der Waals surface area (Å²) in [5, 5.41) is 12.0. The van der Waals surface area contributed by atoms with Gasteiger partial charge in [0.15, 0.2) is 0 Å². The van der Waals surface area contributed by atoms with Crippen molar-refractivity contribution < 1.29 is 14.6 Å². The first-order chi connectivity index (χ1) is 8.69. The lowest BCUT2D eigenvalue weighted by Crippen LogP contribution is -2.35. The maximum absolute atomic E-state index is 11.1. The molecule has 0 saturated heterocycles. The van der Waals surface area contributed by atoms with Crippen LogP contribution in [0.2, 0.25) is 0 Å². The summed E-state index contributed by atoms with van der Waals surface area (Å²) in [6.45, 7) is 0. The van der Waals surface area contributed by atoms with Crippen molar-refractivity contribution in [3.8, 4) is 0 Å². The summed E-state index contributed by atoms with van der Waals surface area (Å²) in [6, 6.07) is 0. The quantitative estimate of drug-likeness (QED) is 0.814. The molecule has 0 spiro atoms. The summed E-state index contributed by atoms with van der Waals surface area (Å²) < 4.78 is 5.18. The fraction of sp³-hybridized carbons (Fsp3) is 0.462. The van der Waals surface area contributed by atoms with Crippen LogP contribution in [0.15, 0.2) is 34.6 Å². The number of nitrogens with one attached hydrogen (secondary N) is 1. The zero-order valence-corrected chi connectivity index (χ0v) is 11.1. The molecule has 1 aliphatic carbocycles. The second kappa shape index (κ2) is 6.11. The Morgan fingerprint density at radius 3 is 2.94 bits per heavy atom. The summed E-state index contributed by atoms with van der Waals surface area (Å²) >= 11 is 1.67. The van der Waals surface area contributed by atoms with Gasteiger partial charge in [-0.25, -0.2) is 0 Å². The van der Waals surface area contributed by atoms with Crippen molar-refractivity contribution in [1.29, 1.82) is 0 Å². The van der Waals surface area contributed by atoms with Gasteiger partial charge in [-0.1, -0.05) is 11.6 Å². The second-order valence-corrected chi connectivity index (χ2v) is 5.39. The van der Waals surface area contributed by atoms with Crippen molar-refractivity contribution in [2.24, 2.45) is 0 Å². The van der Waals surface area contributed by atoms with Gasteiger partial charge in [-0.05, 0) is 12.5 Å². The molecule has 5 heteroatoms. The number of carbonyl (C=O) groups is 1. The van der Waals surface area contributed by atoms with Crippen LogP contribution in [0.4, 0.5) is 0 Å². The van der Waals surface area contributed by atoms with Gasteiger partial charge in [-0.15, -0.1) is 11.8 Å². The minimum Gasteiger partial charge on any atom is -0.501 e. The fourth-order valence-electron chi connectivity index (χ4n) is 1.83. The van der Waals surface area contributed by atoms with E-state index in [-0.39, 0.29) is 5.91 Å². The number of hydrogen-bond donors (Lipinski definition) is 2. The van der Waals surface area contributed by atoms with E-state index in [2.05, 4.69) is 11.4 Å². The predicted molar refractivity (Wildman–Crippen MR) is 71.7 cm³/mol. The molecule has 0 radical (unpaired) electrons. The minimum absolute atomic E-state index is 0.316. The first-order valence-electron chi connectivity index (χ1n) is 5.92. The number of carbonyl (C=O) groups excluding carboxylic acids is 1. The van der Waals surface area contributed by atoms with Crippen molar-refractivity contribution in [3.63, 3.8) is 0 Å². The van der Waals surface area contributed by atoms with E-state index in [1.165, 1.54) is 5.57 Å². The van der Waals surface area contributed by atoms with Crippen molar-refractivity contribution in [1.82, 2.24) is 5.32 Å². The van der Waals surface area contributed by atoms with Crippen LogP contribution in [0.5, 0.6) is 0 Å². The van der Waals surface area contributed by atoms with Crippen LogP contribution in [0.25, 0.3) is 0 Å². The van der Waals surface area contributed by atoms with Crippen LogP contribution < -0.4 is 5.32 Å². The summed E-state index contributed by atoms with van der Waals surface area (Å²) in [5.74, 6) is 1.59. The van der Waals surface area contributed by atoms with E-state index in [0.29, 0.717) is 6.42 Å². The molecule has 1 unspecified atom stereocenters. The molecule has 98 valence electrons. The first-order valence-corrected chi connectivity index (χ1v) is 6.90. The van der Waals surface area contributed by atoms with Crippen molar-refractivity contribution in [3.05, 3.63) is 34.6 Å². The predicted octanol–water partition coefficient (Wildman–Crippen LogP) is 1.69. The van der Waals surface area contributed by atoms with Crippen LogP contribution >= 0.6 is 11.8 Å². The zero-order chi connectivity index (χ0) is 13.0. The van der Waals surface area contributed by atoms with Crippen LogP contribution in [0.1, 0.15) is 19.3 Å². The summed E-state index contributed by atoms with van der Waals surface area (Å²) in [6.07, 6.45) is 7.26. The Morgan fingerprint density at radius 2 is 2.33 bits per heavy atom. The molecule has 0 fully saturated rings. The van der Waals surface area contributed by atoms with Crippen molar-refractivity contribution in [2.75, 3.05) is 12.9 Å². The lowest BCUT2D eigenvalue weighted by atomic mass is 10.1. The van der Waals surface area contributed by atoms with Gasteiger partial charge in [0, 0.05) is 29.7 Å². The lowest BCUT2D eigenvalue weighted by molar-refractivity contribution is -0.128. The number of ether oxygens (including phenoxy) is 1. The third-order valence-electron chi connectivity index (χ3n) is 2.98. The lowest BCUT2D eigenvalue weighted by Gasteiger charge is -2.19. The number of rotatable bonds is 4. The fourth-order valence-corrected chi connectivity index (χ4v) is 2.86. The Kier molecular flexibility index (Phi) is 4.49. The van der Waals surface area contributed by atoms with Gasteiger partial charge < -0.3 is 15.2 Å². The number of methoxy groups -OCH3 is 1. The minimum atomic E-state index is -0.905. The van der Waals surface area contributed by atoms with E-state index in [1.807, 2.05) is 6.08 Å². The Hall–Kier alpha value is -1.20. The van der Waals surface area contributed by atoms with Gasteiger partial charge in [0.1, 0.15) is 6.10 Å². The zero-order valence-electron chi connectivity index (χ0n) is 10.3. The molecule has 0 aromatic rings. The van der Waals surface area contributed by atoms with Crippen LogP contribution in [0.3, 0.4) is 0 Å². The van der Waals surface area contributed by atoms with Gasteiger partial charge in [-0.3, -0.25) is 4.79 Å². The van der Waals surface area contributed by atoms with Crippen molar-refractivity contribution >= 4 is 17.7 Å². The van der Waals surface area contributed by atoms with Gasteiger partial charge in [0.05, 0.1) is 12.9 Å². The molecule has 0 bridgehead atoms. The van der Waals surface area contributed by atoms with E-state index in [9.17, 15) is 9.90 Å². The highest BCUT2D eigenvalue weighted by Gasteiger charge is 2.21. The average Bonchev–Trinajstić information content (AvgIpc) is 2.41. The number of amides is 1. The summed E-state index contributed by atoms with van der Waals surface area (Å²) in [7, 11) is 1.69. The third-order valence-corrected chi connectivity index (χ3v) is 4.15. The number of aliphatic hydroxyl groups excluding tert-OH is 1. The van der Waals surface area contributed by atoms with E-state index in [0.717, 1.165) is 29.3 Å². The van der Waals surface area contributed by atoms with Gasteiger partial charge in [0.2, 0.25) is 0 Å². The Bertz CT molecular complexity index is 426. The summed E-state index contributed by atoms with van der Waals surface area (Å²) in [5.41, 5.74) is 1.35. The maximum Gasteiger partial charge on any atom is 0.253 e. The first kappa shape index (κ1) is 13.2. The van der Waals surface area contributed by atoms with Crippen LogP contribution in [-0.4, -0.2) is 30.0 Å². The number of thioether (sulfide) groups is 1. The van der Waals surface area contributed by atoms with E-state index < -0.39 is 6.10 Å². The molecule has 1 heterocycles. The molecule has 0 aromatic carbocycles. The molecule has 4 nitrogen and oxygen atoms in total. The summed E-state index contributed by atoms with van der Waals surface area (Å²) in [4.78, 5) is 12.1. The molecule has 2 rings (SSSR count). The molecular formula is C13H17NO3S. The topological polar surface area (TPSA) is 58.6 Å². The van der Waals surface area contributed by atoms with Crippen LogP contribution in [-0.2, 0) is 9.53 Å². The van der Waals surface area contributed by atoms with E-state index in [4.69, 9.17) is 4.74 Å². The van der Waals surface area contributed by atoms with E-state index >= 15 is 0 Å². The highest BCUT2D eigenvalue weighted by molar-refractivity contribution is 8.03. The smallest absolute Gasteiger partial charge is 0.253 e. The molecule has 1 aliphatic heterocycles. The number of hydrogen-bond acceptors (Lipinski definition) is 4. The monoisotopic (exact) mass is 267 g/mol. The normalized spacial score (nSPS) is 23.8. The van der Waals surface area contributed by atoms with Gasteiger partial charge in [0.25, 0.3) is 5.91 Å². The molecule has 1 amide bonds. The Labute approximate surface area is 111 Å². The molecule has 18 heavy (non-hydrogen) atoms. The second-order valence-electron chi connectivity index (χ2n) is 4.29. The maximum atomic E-state index is 11.1. The Morgan fingerprint density at radius 1 is 1.50 bits per heavy atom. The molecule has 2 N–H and O–H groups in total. The third kappa shape index (κ3) is 3.40. The van der Waals surface area contributed by atoms with Gasteiger partial charge >= 0.3 is 0 Å². The molecular weight excluding hydrogens is 250 g/mol. The largest absolute Gasteiger partial charge is 0.501 e. The standard InChI is InChI=1S/C13H17NO3S/c1-17-10-4-2-9(3-5-10)8-18-11-6-12(15)13(16)14-7-11/h2,4,7,12,15H,3,5-6,8H2,1H3,(H,14,16). The van der Waals surface area contributed by atoms with E-state index in [1.54, 1.807) is 25.1 Å². The molecule has 2 aliphatic rings. The number of aliphatic hydroxyl groups is 1. The number of allylic oxidation sites excluding steroid dienone is 3. The molecule has 1 atom stereocenters. The highest BCUT2D eigenvalue weighted by Crippen LogP contribution is 2.28. The average molecular weight is 267 g/mol. The molecule has 0 aromatic heterocycles.